The Bertz CT molecular complexity index is 996. The molecule has 0 atom stereocenters. The summed E-state index contributed by atoms with van der Waals surface area (Å²) < 4.78 is 0. The highest BCUT2D eigenvalue weighted by atomic mass is 16.2. The first-order chi connectivity index (χ1) is 14.4. The maximum atomic E-state index is 12.9. The van der Waals surface area contributed by atoms with E-state index in [9.17, 15) is 14.4 Å². The Balaban J connectivity index is 1.47. The molecule has 2 aromatic rings. The number of nitrogens with one attached hydrogen (secondary N) is 2. The van der Waals surface area contributed by atoms with E-state index in [2.05, 4.69) is 10.6 Å². The fraction of sp³-hybridized carbons (Fsp3) is 0.348. The maximum absolute atomic E-state index is 12.9. The lowest BCUT2D eigenvalue weighted by molar-refractivity contribution is 0.0549. The van der Waals surface area contributed by atoms with Gasteiger partial charge < -0.3 is 15.5 Å². The van der Waals surface area contributed by atoms with Crippen LogP contribution in [0.1, 0.15) is 52.8 Å². The molecule has 1 saturated carbocycles. The predicted octanol–water partition coefficient (Wildman–Crippen LogP) is 4.33. The van der Waals surface area contributed by atoms with Gasteiger partial charge in [0.05, 0.1) is 11.1 Å². The van der Waals surface area contributed by atoms with Gasteiger partial charge in [0.15, 0.2) is 0 Å². The summed E-state index contributed by atoms with van der Waals surface area (Å²) in [7, 11) is 3.86. The van der Waals surface area contributed by atoms with Crippen LogP contribution in [0.2, 0.25) is 0 Å². The molecule has 2 aliphatic rings. The number of carbonyl (C=O) groups is 3. The van der Waals surface area contributed by atoms with Crippen LogP contribution < -0.4 is 15.5 Å². The Labute approximate surface area is 176 Å². The molecule has 4 amide bonds. The smallest absolute Gasteiger partial charge is 0.323 e. The summed E-state index contributed by atoms with van der Waals surface area (Å²) in [4.78, 5) is 41.5. The van der Waals surface area contributed by atoms with E-state index in [1.165, 1.54) is 4.90 Å². The molecule has 0 aromatic heterocycles. The van der Waals surface area contributed by atoms with Gasteiger partial charge in [-0.2, -0.15) is 0 Å². The molecule has 0 unspecified atom stereocenters. The normalized spacial score (nSPS) is 16.4. The summed E-state index contributed by atoms with van der Waals surface area (Å²) in [6.45, 7) is 0. The zero-order valence-corrected chi connectivity index (χ0v) is 17.3. The van der Waals surface area contributed by atoms with Crippen molar-refractivity contribution in [3.8, 4) is 0 Å². The van der Waals surface area contributed by atoms with E-state index in [0.717, 1.165) is 37.8 Å². The average Bonchev–Trinajstić information content (AvgIpc) is 2.98. The molecule has 156 valence electrons. The van der Waals surface area contributed by atoms with Crippen molar-refractivity contribution in [1.29, 1.82) is 0 Å². The van der Waals surface area contributed by atoms with Crippen LogP contribution in [0, 0.1) is 0 Å². The number of benzene rings is 2. The van der Waals surface area contributed by atoms with Gasteiger partial charge in [-0.05, 0) is 49.2 Å². The van der Waals surface area contributed by atoms with E-state index < -0.39 is 6.03 Å². The van der Waals surface area contributed by atoms with Crippen molar-refractivity contribution >= 4 is 34.9 Å². The highest BCUT2D eigenvalue weighted by Crippen LogP contribution is 2.32. The molecule has 1 heterocycles. The molecule has 2 N–H and O–H groups in total. The van der Waals surface area contributed by atoms with Crippen molar-refractivity contribution < 1.29 is 14.4 Å². The lowest BCUT2D eigenvalue weighted by atomic mass is 9.94. The first-order valence-electron chi connectivity index (χ1n) is 10.3. The van der Waals surface area contributed by atoms with E-state index in [-0.39, 0.29) is 17.9 Å². The topological polar surface area (TPSA) is 81.8 Å². The molecule has 0 bridgehead atoms. The number of nitrogens with zero attached hydrogens (tertiary/aromatic N) is 2. The van der Waals surface area contributed by atoms with Gasteiger partial charge in [-0.25, -0.2) is 4.79 Å². The minimum Gasteiger partial charge on any atom is -0.378 e. The molecule has 0 spiro atoms. The summed E-state index contributed by atoms with van der Waals surface area (Å²) in [6, 6.07) is 11.9. The van der Waals surface area contributed by atoms with Crippen LogP contribution in [-0.2, 0) is 0 Å². The first kappa shape index (κ1) is 19.9. The van der Waals surface area contributed by atoms with Crippen LogP contribution in [0.3, 0.4) is 0 Å². The Morgan fingerprint density at radius 2 is 1.57 bits per heavy atom. The van der Waals surface area contributed by atoms with Gasteiger partial charge in [-0.15, -0.1) is 0 Å². The quantitative estimate of drug-likeness (QED) is 0.741. The number of anilines is 3. The second-order valence-electron chi connectivity index (χ2n) is 8.06. The fourth-order valence-corrected chi connectivity index (χ4v) is 4.16. The first-order valence-corrected chi connectivity index (χ1v) is 10.3. The van der Waals surface area contributed by atoms with Gasteiger partial charge >= 0.3 is 6.03 Å². The third-order valence-corrected chi connectivity index (χ3v) is 5.74. The van der Waals surface area contributed by atoms with Crippen LogP contribution in [-0.4, -0.2) is 42.9 Å². The number of urea groups is 1. The molecule has 30 heavy (non-hydrogen) atoms. The highest BCUT2D eigenvalue weighted by Gasteiger charge is 2.40. The van der Waals surface area contributed by atoms with Gasteiger partial charge in [-0.3, -0.25) is 14.5 Å². The Morgan fingerprint density at radius 1 is 0.900 bits per heavy atom. The van der Waals surface area contributed by atoms with Gasteiger partial charge in [-0.1, -0.05) is 25.3 Å². The molecule has 7 nitrogen and oxygen atoms in total. The fourth-order valence-electron chi connectivity index (χ4n) is 4.16. The SMILES string of the molecule is CN(C)c1cccc(NC(=O)Nc2ccc3c(c2)C(=O)N(C2CCCCC2)C3=O)c1. The molecule has 1 fully saturated rings. The molecule has 1 aliphatic carbocycles. The molecule has 4 rings (SSSR count). The van der Waals surface area contributed by atoms with Gasteiger partial charge in [0.25, 0.3) is 11.8 Å². The largest absolute Gasteiger partial charge is 0.378 e. The zero-order chi connectivity index (χ0) is 21.3. The Kier molecular flexibility index (Phi) is 5.44. The number of rotatable bonds is 4. The van der Waals surface area contributed by atoms with E-state index in [0.29, 0.717) is 22.5 Å². The molecular formula is C23H26N4O3. The predicted molar refractivity (Wildman–Crippen MR) is 117 cm³/mol. The molecular weight excluding hydrogens is 380 g/mol. The van der Waals surface area contributed by atoms with Crippen LogP contribution in [0.5, 0.6) is 0 Å². The van der Waals surface area contributed by atoms with E-state index in [1.807, 2.05) is 37.2 Å². The summed E-state index contributed by atoms with van der Waals surface area (Å²) in [5.41, 5.74) is 2.88. The lowest BCUT2D eigenvalue weighted by Crippen LogP contribution is -2.40. The molecule has 0 saturated heterocycles. The molecule has 1 aliphatic heterocycles. The number of amides is 4. The van der Waals surface area contributed by atoms with Gasteiger partial charge in [0, 0.05) is 37.2 Å². The van der Waals surface area contributed by atoms with Crippen molar-refractivity contribution in [2.75, 3.05) is 29.6 Å². The number of hydrogen-bond donors (Lipinski definition) is 2. The Morgan fingerprint density at radius 3 is 2.27 bits per heavy atom. The van der Waals surface area contributed by atoms with Gasteiger partial charge in [0.2, 0.25) is 0 Å². The average molecular weight is 406 g/mol. The summed E-state index contributed by atoms with van der Waals surface area (Å²) in [6.07, 6.45) is 4.97. The van der Waals surface area contributed by atoms with Gasteiger partial charge in [0.1, 0.15) is 0 Å². The maximum Gasteiger partial charge on any atom is 0.323 e. The second-order valence-corrected chi connectivity index (χ2v) is 8.06. The molecule has 7 heteroatoms. The van der Waals surface area contributed by atoms with Crippen LogP contribution in [0.4, 0.5) is 21.9 Å². The Hall–Kier alpha value is -3.35. The minimum atomic E-state index is -0.410. The van der Waals surface area contributed by atoms with E-state index >= 15 is 0 Å². The summed E-state index contributed by atoms with van der Waals surface area (Å²) in [5.74, 6) is -0.483. The monoisotopic (exact) mass is 406 g/mol. The van der Waals surface area contributed by atoms with Crippen molar-refractivity contribution in [2.24, 2.45) is 0 Å². The van der Waals surface area contributed by atoms with Crippen LogP contribution in [0.15, 0.2) is 42.5 Å². The van der Waals surface area contributed by atoms with Crippen LogP contribution >= 0.6 is 0 Å². The van der Waals surface area contributed by atoms with Crippen LogP contribution in [0.25, 0.3) is 0 Å². The zero-order valence-electron chi connectivity index (χ0n) is 17.3. The standard InChI is InChI=1S/C23H26N4O3/c1-26(2)18-10-6-7-15(13-18)24-23(30)25-16-11-12-19-20(14-16)22(29)27(21(19)28)17-8-4-3-5-9-17/h6-7,10-14,17H,3-5,8-9H2,1-2H3,(H2,24,25,30). The summed E-state index contributed by atoms with van der Waals surface area (Å²) >= 11 is 0. The molecule has 0 radical (unpaired) electrons. The number of carbonyl (C=O) groups excluding carboxylic acids is 3. The second kappa shape index (κ2) is 8.18. The highest BCUT2D eigenvalue weighted by molar-refractivity contribution is 6.22. The number of hydrogen-bond acceptors (Lipinski definition) is 4. The van der Waals surface area contributed by atoms with Crippen molar-refractivity contribution in [3.63, 3.8) is 0 Å². The van der Waals surface area contributed by atoms with Crippen molar-refractivity contribution in [3.05, 3.63) is 53.6 Å². The number of imide groups is 1. The van der Waals surface area contributed by atoms with E-state index in [4.69, 9.17) is 0 Å². The van der Waals surface area contributed by atoms with E-state index in [1.54, 1.807) is 24.3 Å². The lowest BCUT2D eigenvalue weighted by Gasteiger charge is -2.29. The van der Waals surface area contributed by atoms with Crippen molar-refractivity contribution in [2.45, 2.75) is 38.1 Å². The third-order valence-electron chi connectivity index (χ3n) is 5.74. The number of fused-ring (bicyclic) bond motifs is 1. The van der Waals surface area contributed by atoms with Crippen molar-refractivity contribution in [1.82, 2.24) is 4.90 Å². The summed E-state index contributed by atoms with van der Waals surface area (Å²) in [5, 5.41) is 5.55. The molecule has 2 aromatic carbocycles. The minimum absolute atomic E-state index is 0.0187. The third kappa shape index (κ3) is 3.87.